The van der Waals surface area contributed by atoms with Gasteiger partial charge in [-0.1, -0.05) is 18.6 Å². The first-order chi connectivity index (χ1) is 19.6. The van der Waals surface area contributed by atoms with Crippen molar-refractivity contribution in [1.82, 2.24) is 30.4 Å². The third-order valence-electron chi connectivity index (χ3n) is 7.08. The SMILES string of the molecule is O=C(CCc1ccccn1)Nc1ccc(C2CCCC(c3ccc(NC(=O)CCc4ccccn4)nn3)C2)nn1. The van der Waals surface area contributed by atoms with E-state index in [1.54, 1.807) is 12.4 Å². The Hall–Kier alpha value is -4.60. The Morgan fingerprint density at radius 1 is 0.650 bits per heavy atom. The van der Waals surface area contributed by atoms with Crippen LogP contribution in [-0.2, 0) is 22.4 Å². The van der Waals surface area contributed by atoms with Crippen LogP contribution in [0.2, 0.25) is 0 Å². The highest BCUT2D eigenvalue weighted by Crippen LogP contribution is 2.40. The van der Waals surface area contributed by atoms with Gasteiger partial charge in [0.05, 0.1) is 11.4 Å². The second-order valence-corrected chi connectivity index (χ2v) is 9.99. The summed E-state index contributed by atoms with van der Waals surface area (Å²) in [6.45, 7) is 0. The molecule has 1 aliphatic rings. The number of aryl methyl sites for hydroxylation is 2. The van der Waals surface area contributed by atoms with Gasteiger partial charge >= 0.3 is 0 Å². The number of aromatic nitrogens is 6. The van der Waals surface area contributed by atoms with Gasteiger partial charge in [0.1, 0.15) is 0 Å². The van der Waals surface area contributed by atoms with E-state index >= 15 is 0 Å². The van der Waals surface area contributed by atoms with Crippen molar-refractivity contribution in [2.75, 3.05) is 10.6 Å². The molecule has 0 radical (unpaired) electrons. The minimum atomic E-state index is -0.114. The molecule has 10 heteroatoms. The summed E-state index contributed by atoms with van der Waals surface area (Å²) in [4.78, 5) is 33.1. The number of amides is 2. The molecule has 0 spiro atoms. The molecule has 2 amide bonds. The molecule has 1 saturated carbocycles. The Kier molecular flexibility index (Phi) is 9.08. The molecule has 2 N–H and O–H groups in total. The quantitative estimate of drug-likeness (QED) is 0.299. The first-order valence-electron chi connectivity index (χ1n) is 13.7. The fourth-order valence-electron chi connectivity index (χ4n) is 4.97. The number of hydrogen-bond acceptors (Lipinski definition) is 8. The largest absolute Gasteiger partial charge is 0.309 e. The Morgan fingerprint density at radius 3 is 1.55 bits per heavy atom. The second kappa shape index (κ2) is 13.5. The molecule has 4 heterocycles. The molecule has 10 nitrogen and oxygen atoms in total. The lowest BCUT2D eigenvalue weighted by atomic mass is 9.78. The number of rotatable bonds is 10. The lowest BCUT2D eigenvalue weighted by molar-refractivity contribution is -0.117. The van der Waals surface area contributed by atoms with Gasteiger partial charge in [-0.25, -0.2) is 0 Å². The zero-order valence-corrected chi connectivity index (χ0v) is 22.2. The number of carbonyl (C=O) groups is 2. The maximum absolute atomic E-state index is 12.3. The second-order valence-electron chi connectivity index (χ2n) is 9.99. The van der Waals surface area contributed by atoms with Crippen LogP contribution in [0.15, 0.2) is 73.1 Å². The van der Waals surface area contributed by atoms with Gasteiger partial charge in [-0.3, -0.25) is 19.6 Å². The first kappa shape index (κ1) is 27.0. The van der Waals surface area contributed by atoms with Gasteiger partial charge in [-0.15, -0.1) is 10.2 Å². The summed E-state index contributed by atoms with van der Waals surface area (Å²) < 4.78 is 0. The molecular formula is C30H32N8O2. The fourth-order valence-corrected chi connectivity index (χ4v) is 4.97. The van der Waals surface area contributed by atoms with Crippen LogP contribution >= 0.6 is 0 Å². The summed E-state index contributed by atoms with van der Waals surface area (Å²) >= 11 is 0. The van der Waals surface area contributed by atoms with Crippen LogP contribution in [-0.4, -0.2) is 42.2 Å². The summed E-state index contributed by atoms with van der Waals surface area (Å²) in [7, 11) is 0. The molecule has 1 aliphatic carbocycles. The van der Waals surface area contributed by atoms with Gasteiger partial charge in [-0.05, 0) is 80.6 Å². The van der Waals surface area contributed by atoms with E-state index in [2.05, 4.69) is 41.0 Å². The summed E-state index contributed by atoms with van der Waals surface area (Å²) in [6.07, 6.45) is 9.26. The molecule has 0 aromatic carbocycles. The van der Waals surface area contributed by atoms with Crippen LogP contribution < -0.4 is 10.6 Å². The van der Waals surface area contributed by atoms with Crippen molar-refractivity contribution in [2.45, 2.75) is 63.2 Å². The van der Waals surface area contributed by atoms with Crippen molar-refractivity contribution < 1.29 is 9.59 Å². The zero-order chi connectivity index (χ0) is 27.6. The van der Waals surface area contributed by atoms with E-state index in [9.17, 15) is 9.59 Å². The topological polar surface area (TPSA) is 136 Å². The molecule has 40 heavy (non-hydrogen) atoms. The summed E-state index contributed by atoms with van der Waals surface area (Å²) in [6, 6.07) is 18.9. The van der Waals surface area contributed by atoms with Gasteiger partial charge in [0, 0.05) is 48.5 Å². The van der Waals surface area contributed by atoms with Crippen molar-refractivity contribution in [3.8, 4) is 0 Å². The van der Waals surface area contributed by atoms with Crippen LogP contribution in [0.1, 0.15) is 73.1 Å². The summed E-state index contributed by atoms with van der Waals surface area (Å²) in [5.74, 6) is 1.19. The molecule has 0 bridgehead atoms. The lowest BCUT2D eigenvalue weighted by Gasteiger charge is -2.28. The van der Waals surface area contributed by atoms with Crippen molar-refractivity contribution in [3.63, 3.8) is 0 Å². The number of nitrogens with zero attached hydrogens (tertiary/aromatic N) is 6. The highest BCUT2D eigenvalue weighted by atomic mass is 16.2. The van der Waals surface area contributed by atoms with E-state index in [0.717, 1.165) is 48.5 Å². The smallest absolute Gasteiger partial charge is 0.225 e. The molecule has 204 valence electrons. The monoisotopic (exact) mass is 536 g/mol. The van der Waals surface area contributed by atoms with Gasteiger partial charge in [0.2, 0.25) is 11.8 Å². The number of nitrogens with one attached hydrogen (secondary N) is 2. The van der Waals surface area contributed by atoms with Gasteiger partial charge in [0.15, 0.2) is 11.6 Å². The van der Waals surface area contributed by atoms with E-state index in [4.69, 9.17) is 0 Å². The molecular weight excluding hydrogens is 504 g/mol. The molecule has 1 fully saturated rings. The molecule has 2 unspecified atom stereocenters. The molecule has 4 aromatic heterocycles. The Labute approximate surface area is 233 Å². The molecule has 0 saturated heterocycles. The average Bonchev–Trinajstić information content (AvgIpc) is 3.01. The van der Waals surface area contributed by atoms with Crippen molar-refractivity contribution in [2.24, 2.45) is 0 Å². The summed E-state index contributed by atoms with van der Waals surface area (Å²) in [5.41, 5.74) is 3.60. The van der Waals surface area contributed by atoms with Gasteiger partial charge in [0.25, 0.3) is 0 Å². The van der Waals surface area contributed by atoms with E-state index in [0.29, 0.717) is 37.3 Å². The number of pyridine rings is 2. The van der Waals surface area contributed by atoms with Gasteiger partial charge in [-0.2, -0.15) is 10.2 Å². The van der Waals surface area contributed by atoms with Crippen molar-refractivity contribution in [3.05, 3.63) is 95.8 Å². The molecule has 2 atom stereocenters. The standard InChI is InChI=1S/C30H32N8O2/c39-29(16-10-23-8-1-3-18-31-23)33-27-14-12-25(35-37-27)21-6-5-7-22(20-21)26-13-15-28(38-36-26)34-30(40)17-11-24-9-2-4-19-32-24/h1-4,8-9,12-15,18-19,21-22H,5-7,10-11,16-17,20H2,(H,33,37,39)(H,34,38,40). The van der Waals surface area contributed by atoms with Crippen LogP contribution in [0.25, 0.3) is 0 Å². The fraction of sp³-hybridized carbons (Fsp3) is 0.333. The Balaban J connectivity index is 1.10. The van der Waals surface area contributed by atoms with E-state index in [1.165, 1.54) is 0 Å². The molecule has 5 rings (SSSR count). The van der Waals surface area contributed by atoms with Crippen LogP contribution in [0.4, 0.5) is 11.6 Å². The van der Waals surface area contributed by atoms with Gasteiger partial charge < -0.3 is 10.6 Å². The summed E-state index contributed by atoms with van der Waals surface area (Å²) in [5, 5.41) is 23.0. The third kappa shape index (κ3) is 7.72. The van der Waals surface area contributed by atoms with Crippen molar-refractivity contribution >= 4 is 23.5 Å². The van der Waals surface area contributed by atoms with E-state index < -0.39 is 0 Å². The minimum Gasteiger partial charge on any atom is -0.309 e. The lowest BCUT2D eigenvalue weighted by Crippen LogP contribution is -2.18. The van der Waals surface area contributed by atoms with Crippen molar-refractivity contribution in [1.29, 1.82) is 0 Å². The predicted octanol–water partition coefficient (Wildman–Crippen LogP) is 4.64. The minimum absolute atomic E-state index is 0.114. The first-order valence-corrected chi connectivity index (χ1v) is 13.7. The average molecular weight is 537 g/mol. The molecule has 4 aromatic rings. The Morgan fingerprint density at radius 2 is 1.15 bits per heavy atom. The predicted molar refractivity (Wildman–Crippen MR) is 150 cm³/mol. The third-order valence-corrected chi connectivity index (χ3v) is 7.08. The normalized spacial score (nSPS) is 16.7. The maximum Gasteiger partial charge on any atom is 0.225 e. The van der Waals surface area contributed by atoms with Crippen LogP contribution in [0.3, 0.4) is 0 Å². The molecule has 0 aliphatic heterocycles. The maximum atomic E-state index is 12.3. The zero-order valence-electron chi connectivity index (χ0n) is 22.2. The Bertz CT molecular complexity index is 1280. The van der Waals surface area contributed by atoms with E-state index in [-0.39, 0.29) is 23.7 Å². The number of hydrogen-bond donors (Lipinski definition) is 2. The van der Waals surface area contributed by atoms with Crippen LogP contribution in [0, 0.1) is 0 Å². The highest BCUT2D eigenvalue weighted by Gasteiger charge is 2.27. The highest BCUT2D eigenvalue weighted by molar-refractivity contribution is 5.90. The number of anilines is 2. The van der Waals surface area contributed by atoms with Crippen LogP contribution in [0.5, 0.6) is 0 Å². The van der Waals surface area contributed by atoms with E-state index in [1.807, 2.05) is 60.7 Å². The number of carbonyl (C=O) groups excluding carboxylic acids is 2.